The number of nitrogens with two attached hydrogens (primary N) is 1. The molecule has 0 aliphatic rings. The number of alkyl halides is 3. The Morgan fingerprint density at radius 3 is 2.48 bits per heavy atom. The van der Waals surface area contributed by atoms with Crippen LogP contribution in [0.1, 0.15) is 43.7 Å². The number of hydrogen-bond donors (Lipinski definition) is 3. The Hall–Kier alpha value is -1.60. The van der Waals surface area contributed by atoms with Crippen LogP contribution < -0.4 is 10.5 Å². The second kappa shape index (κ2) is 11.7. The minimum atomic E-state index is -4.75. The van der Waals surface area contributed by atoms with E-state index in [1.807, 2.05) is 6.92 Å². The van der Waals surface area contributed by atoms with Gasteiger partial charge in [0.05, 0.1) is 24.3 Å². The summed E-state index contributed by atoms with van der Waals surface area (Å²) in [6.45, 7) is 4.12. The summed E-state index contributed by atoms with van der Waals surface area (Å²) < 4.78 is 66.8. The normalized spacial score (nSPS) is 14.3. The van der Waals surface area contributed by atoms with Crippen LogP contribution in [0.2, 0.25) is 0 Å². The zero-order valence-corrected chi connectivity index (χ0v) is 19.9. The van der Waals surface area contributed by atoms with E-state index in [-0.39, 0.29) is 27.9 Å². The Balaban J connectivity index is 2.13. The standard InChI is InChI=1S/C19H27F3N3O6PS/c1-3-29-9-5-4-6-10-30-15-8-7-13(11-14(15)19(20,21)22)16-24-25-17(33-16)18(2,23)12-31-32(26,27)28/h7-8,11H,3-6,9-10,12,23H2,1-2H3,(H2,26,27,28)/t18-/m0/s1. The van der Waals surface area contributed by atoms with Gasteiger partial charge in [0.25, 0.3) is 0 Å². The van der Waals surface area contributed by atoms with Crippen molar-refractivity contribution < 1.29 is 41.5 Å². The molecule has 0 bridgehead atoms. The van der Waals surface area contributed by atoms with Crippen molar-refractivity contribution in [3.8, 4) is 16.3 Å². The van der Waals surface area contributed by atoms with E-state index in [4.69, 9.17) is 25.0 Å². The predicted octanol–water partition coefficient (Wildman–Crippen LogP) is 4.09. The first kappa shape index (κ1) is 27.6. The van der Waals surface area contributed by atoms with E-state index in [0.29, 0.717) is 19.6 Å². The average molecular weight is 513 g/mol. The third-order valence-corrected chi connectivity index (χ3v) is 6.09. The molecule has 0 aliphatic heterocycles. The van der Waals surface area contributed by atoms with Gasteiger partial charge in [0.15, 0.2) is 0 Å². The Morgan fingerprint density at radius 1 is 1.15 bits per heavy atom. The fraction of sp³-hybridized carbons (Fsp3) is 0.579. The van der Waals surface area contributed by atoms with Crippen molar-refractivity contribution in [1.82, 2.24) is 10.2 Å². The molecule has 2 rings (SSSR count). The van der Waals surface area contributed by atoms with Gasteiger partial charge in [-0.2, -0.15) is 13.2 Å². The molecule has 4 N–H and O–H groups in total. The third kappa shape index (κ3) is 8.93. The van der Waals surface area contributed by atoms with Crippen molar-refractivity contribution in [3.63, 3.8) is 0 Å². The van der Waals surface area contributed by atoms with Crippen LogP contribution in [0.3, 0.4) is 0 Å². The molecule has 1 aromatic heterocycles. The number of phosphoric ester groups is 1. The lowest BCUT2D eigenvalue weighted by atomic mass is 10.1. The highest BCUT2D eigenvalue weighted by Crippen LogP contribution is 2.41. The van der Waals surface area contributed by atoms with Crippen molar-refractivity contribution in [2.45, 2.75) is 44.8 Å². The number of hydrogen-bond acceptors (Lipinski definition) is 8. The molecule has 1 aromatic carbocycles. The van der Waals surface area contributed by atoms with E-state index < -0.39 is 31.7 Å². The molecule has 0 aliphatic carbocycles. The lowest BCUT2D eigenvalue weighted by Crippen LogP contribution is -2.37. The molecule has 0 radical (unpaired) electrons. The van der Waals surface area contributed by atoms with Gasteiger partial charge in [0, 0.05) is 18.8 Å². The Morgan fingerprint density at radius 2 is 1.85 bits per heavy atom. The number of phosphoric acid groups is 1. The van der Waals surface area contributed by atoms with Crippen LogP contribution in [-0.4, -0.2) is 46.4 Å². The highest BCUT2D eigenvalue weighted by atomic mass is 32.1. The summed E-state index contributed by atoms with van der Waals surface area (Å²) in [6.07, 6.45) is -2.47. The lowest BCUT2D eigenvalue weighted by molar-refractivity contribution is -0.138. The number of halogens is 3. The summed E-state index contributed by atoms with van der Waals surface area (Å²) in [4.78, 5) is 17.7. The minimum Gasteiger partial charge on any atom is -0.493 e. The quantitative estimate of drug-likeness (QED) is 0.267. The minimum absolute atomic E-state index is 0.141. The zero-order chi connectivity index (χ0) is 24.7. The van der Waals surface area contributed by atoms with Crippen LogP contribution in [0.5, 0.6) is 5.75 Å². The van der Waals surface area contributed by atoms with Crippen molar-refractivity contribution >= 4 is 19.2 Å². The van der Waals surface area contributed by atoms with E-state index in [2.05, 4.69) is 14.7 Å². The van der Waals surface area contributed by atoms with E-state index in [1.54, 1.807) is 0 Å². The van der Waals surface area contributed by atoms with Crippen LogP contribution in [0.4, 0.5) is 13.2 Å². The topological polar surface area (TPSA) is 137 Å². The fourth-order valence-electron chi connectivity index (χ4n) is 2.67. The smallest absolute Gasteiger partial charge is 0.469 e. The number of aromatic nitrogens is 2. The summed E-state index contributed by atoms with van der Waals surface area (Å²) in [6, 6.07) is 3.59. The van der Waals surface area contributed by atoms with Crippen molar-refractivity contribution in [3.05, 3.63) is 28.8 Å². The fourth-order valence-corrected chi connectivity index (χ4v) is 3.99. The maximum absolute atomic E-state index is 13.6. The molecule has 14 heteroatoms. The second-order valence-corrected chi connectivity index (χ2v) is 9.63. The number of ether oxygens (including phenoxy) is 2. The molecule has 1 atom stereocenters. The maximum atomic E-state index is 13.6. The van der Waals surface area contributed by atoms with Gasteiger partial charge < -0.3 is 25.0 Å². The summed E-state index contributed by atoms with van der Waals surface area (Å²) in [5, 5.41) is 8.04. The number of benzene rings is 1. The Kier molecular flexibility index (Phi) is 9.80. The predicted molar refractivity (Wildman–Crippen MR) is 116 cm³/mol. The number of unbranched alkanes of at least 4 members (excludes halogenated alkanes) is 2. The monoisotopic (exact) mass is 513 g/mol. The molecular weight excluding hydrogens is 486 g/mol. The van der Waals surface area contributed by atoms with Gasteiger partial charge in [-0.05, 0) is 51.3 Å². The van der Waals surface area contributed by atoms with Crippen LogP contribution in [0, 0.1) is 0 Å². The molecule has 2 aromatic rings. The molecule has 0 unspecified atom stereocenters. The molecule has 0 fully saturated rings. The van der Waals surface area contributed by atoms with Crippen LogP contribution in [0.15, 0.2) is 18.2 Å². The molecule has 0 saturated heterocycles. The van der Waals surface area contributed by atoms with Crippen molar-refractivity contribution in [2.75, 3.05) is 26.4 Å². The van der Waals surface area contributed by atoms with E-state index in [9.17, 15) is 17.7 Å². The van der Waals surface area contributed by atoms with Gasteiger partial charge in [-0.15, -0.1) is 10.2 Å². The van der Waals surface area contributed by atoms with Crippen LogP contribution in [-0.2, 0) is 25.5 Å². The van der Waals surface area contributed by atoms with Gasteiger partial charge in [-0.25, -0.2) is 4.57 Å². The second-order valence-electron chi connectivity index (χ2n) is 7.41. The van der Waals surface area contributed by atoms with E-state index in [0.717, 1.165) is 30.2 Å². The maximum Gasteiger partial charge on any atom is 0.469 e. The molecule has 9 nitrogen and oxygen atoms in total. The van der Waals surface area contributed by atoms with Crippen molar-refractivity contribution in [2.24, 2.45) is 5.73 Å². The van der Waals surface area contributed by atoms with E-state index >= 15 is 0 Å². The van der Waals surface area contributed by atoms with Crippen molar-refractivity contribution in [1.29, 1.82) is 0 Å². The summed E-state index contributed by atoms with van der Waals surface area (Å²) >= 11 is 0.899. The molecule has 0 amide bonds. The molecule has 33 heavy (non-hydrogen) atoms. The molecule has 0 saturated carbocycles. The Bertz CT molecular complexity index is 951. The number of nitrogens with zero attached hydrogens (tertiary/aromatic N) is 2. The van der Waals surface area contributed by atoms with Gasteiger partial charge >= 0.3 is 14.0 Å². The molecule has 186 valence electrons. The first-order valence-electron chi connectivity index (χ1n) is 10.1. The molecule has 1 heterocycles. The molecular formula is C19H27F3N3O6PS. The summed E-state index contributed by atoms with van der Waals surface area (Å²) in [5.74, 6) is -0.278. The van der Waals surface area contributed by atoms with Crippen LogP contribution >= 0.6 is 19.2 Å². The lowest BCUT2D eigenvalue weighted by Gasteiger charge is -2.21. The largest absolute Gasteiger partial charge is 0.493 e. The van der Waals surface area contributed by atoms with Crippen LogP contribution in [0.25, 0.3) is 10.6 Å². The van der Waals surface area contributed by atoms with Gasteiger partial charge in [-0.3, -0.25) is 4.52 Å². The average Bonchev–Trinajstić information content (AvgIpc) is 3.22. The van der Waals surface area contributed by atoms with Gasteiger partial charge in [0.1, 0.15) is 15.8 Å². The summed E-state index contributed by atoms with van der Waals surface area (Å²) in [5.41, 5.74) is 3.81. The SMILES string of the molecule is CCOCCCCCOc1ccc(-c2nnc([C@@](C)(N)COP(=O)(O)O)s2)cc1C(F)(F)F. The highest BCUT2D eigenvalue weighted by molar-refractivity contribution is 7.46. The van der Waals surface area contributed by atoms with Gasteiger partial charge in [0.2, 0.25) is 0 Å². The summed E-state index contributed by atoms with van der Waals surface area (Å²) in [7, 11) is -4.75. The molecule has 0 spiro atoms. The first-order valence-corrected chi connectivity index (χ1v) is 12.4. The number of rotatable bonds is 13. The Labute approximate surface area is 193 Å². The van der Waals surface area contributed by atoms with Gasteiger partial charge in [-0.1, -0.05) is 11.3 Å². The highest BCUT2D eigenvalue weighted by Gasteiger charge is 2.35. The van der Waals surface area contributed by atoms with E-state index in [1.165, 1.54) is 19.1 Å². The zero-order valence-electron chi connectivity index (χ0n) is 18.2. The third-order valence-electron chi connectivity index (χ3n) is 4.37. The first-order chi connectivity index (χ1) is 15.3.